The zero-order chi connectivity index (χ0) is 16.9. The molecule has 0 fully saturated rings. The van der Waals surface area contributed by atoms with Crippen molar-refractivity contribution < 1.29 is 9.53 Å². The van der Waals surface area contributed by atoms with Crippen LogP contribution in [0.2, 0.25) is 0 Å². The van der Waals surface area contributed by atoms with E-state index < -0.39 is 0 Å². The van der Waals surface area contributed by atoms with Gasteiger partial charge >= 0.3 is 0 Å². The van der Waals surface area contributed by atoms with Crippen molar-refractivity contribution >= 4 is 11.6 Å². The van der Waals surface area contributed by atoms with E-state index in [1.165, 1.54) is 0 Å². The zero-order valence-electron chi connectivity index (χ0n) is 13.5. The van der Waals surface area contributed by atoms with Crippen LogP contribution in [0.1, 0.15) is 21.7 Å². The Morgan fingerprint density at radius 2 is 2.04 bits per heavy atom. The lowest BCUT2D eigenvalue weighted by atomic mass is 10.2. The average molecular weight is 319 g/mol. The number of para-hydroxylation sites is 1. The predicted molar refractivity (Wildman–Crippen MR) is 92.1 cm³/mol. The summed E-state index contributed by atoms with van der Waals surface area (Å²) in [6, 6.07) is 13.1. The summed E-state index contributed by atoms with van der Waals surface area (Å²) in [7, 11) is 1.61. The van der Waals surface area contributed by atoms with E-state index in [4.69, 9.17) is 4.74 Å². The molecule has 24 heavy (non-hydrogen) atoms. The second kappa shape index (κ2) is 6.88. The quantitative estimate of drug-likeness (QED) is 0.754. The number of aromatic nitrogens is 2. The van der Waals surface area contributed by atoms with Crippen LogP contribution in [0.15, 0.2) is 48.7 Å². The molecule has 0 saturated heterocycles. The Bertz CT molecular complexity index is 948. The first-order chi connectivity index (χ1) is 11.7. The number of hydrogen-bond donors (Lipinski definition) is 1. The van der Waals surface area contributed by atoms with Gasteiger partial charge in [0.15, 0.2) is 0 Å². The van der Waals surface area contributed by atoms with E-state index in [1.807, 2.05) is 55.6 Å². The summed E-state index contributed by atoms with van der Waals surface area (Å²) in [5.74, 6) is 6.47. The molecule has 1 amide bonds. The number of carbonyl (C=O) groups excluding carboxylic acids is 1. The van der Waals surface area contributed by atoms with E-state index in [1.54, 1.807) is 11.5 Å². The van der Waals surface area contributed by atoms with Crippen LogP contribution in [-0.4, -0.2) is 28.9 Å². The van der Waals surface area contributed by atoms with Gasteiger partial charge < -0.3 is 10.1 Å². The third-order valence-corrected chi connectivity index (χ3v) is 3.59. The molecule has 0 atom stereocenters. The van der Waals surface area contributed by atoms with Crippen molar-refractivity contribution in [2.45, 2.75) is 6.92 Å². The van der Waals surface area contributed by atoms with Crippen molar-refractivity contribution in [2.75, 3.05) is 13.7 Å². The highest BCUT2D eigenvalue weighted by atomic mass is 16.5. The van der Waals surface area contributed by atoms with Gasteiger partial charge in [0, 0.05) is 6.20 Å². The maximum absolute atomic E-state index is 12.4. The van der Waals surface area contributed by atoms with Crippen LogP contribution in [0.4, 0.5) is 0 Å². The van der Waals surface area contributed by atoms with Crippen molar-refractivity contribution in [1.29, 1.82) is 0 Å². The molecule has 3 rings (SSSR count). The molecule has 2 aromatic heterocycles. The first-order valence-electron chi connectivity index (χ1n) is 7.54. The molecule has 0 unspecified atom stereocenters. The fraction of sp³-hybridized carbons (Fsp3) is 0.158. The van der Waals surface area contributed by atoms with Crippen LogP contribution in [0, 0.1) is 18.8 Å². The molecule has 1 aromatic carbocycles. The van der Waals surface area contributed by atoms with Crippen molar-refractivity contribution in [3.63, 3.8) is 0 Å². The molecule has 0 bridgehead atoms. The lowest BCUT2D eigenvalue weighted by molar-refractivity contribution is 0.0952. The van der Waals surface area contributed by atoms with Crippen molar-refractivity contribution in [1.82, 2.24) is 14.7 Å². The molecule has 120 valence electrons. The van der Waals surface area contributed by atoms with Gasteiger partial charge in [-0.2, -0.15) is 0 Å². The Hall–Kier alpha value is -3.26. The van der Waals surface area contributed by atoms with Crippen LogP contribution in [0.3, 0.4) is 0 Å². The summed E-state index contributed by atoms with van der Waals surface area (Å²) in [5.41, 5.74) is 2.77. The van der Waals surface area contributed by atoms with E-state index >= 15 is 0 Å². The highest BCUT2D eigenvalue weighted by Crippen LogP contribution is 2.15. The van der Waals surface area contributed by atoms with Gasteiger partial charge in [-0.15, -0.1) is 0 Å². The molecule has 0 aliphatic rings. The van der Waals surface area contributed by atoms with E-state index in [0.717, 1.165) is 11.2 Å². The smallest absolute Gasteiger partial charge is 0.270 e. The number of benzene rings is 1. The number of hydrogen-bond acceptors (Lipinski definition) is 3. The van der Waals surface area contributed by atoms with Gasteiger partial charge in [0.25, 0.3) is 5.91 Å². The van der Waals surface area contributed by atoms with Gasteiger partial charge in [0.1, 0.15) is 17.1 Å². The van der Waals surface area contributed by atoms with E-state index in [0.29, 0.717) is 17.1 Å². The van der Waals surface area contributed by atoms with Crippen molar-refractivity contribution in [2.24, 2.45) is 0 Å². The fourth-order valence-electron chi connectivity index (χ4n) is 2.48. The average Bonchev–Trinajstić information content (AvgIpc) is 2.94. The van der Waals surface area contributed by atoms with E-state index in [2.05, 4.69) is 22.1 Å². The standard InChI is InChI=1S/C19H17N3O2/c1-14-18(22-13-6-5-11-17(22)21-14)19(23)20-12-7-9-15-8-3-4-10-16(15)24-2/h3-6,8,10-11,13H,12H2,1-2H3,(H,20,23). The molecular weight excluding hydrogens is 302 g/mol. The number of aryl methyl sites for hydroxylation is 1. The second-order valence-electron chi connectivity index (χ2n) is 5.16. The minimum absolute atomic E-state index is 0.194. The highest BCUT2D eigenvalue weighted by Gasteiger charge is 2.15. The summed E-state index contributed by atoms with van der Waals surface area (Å²) in [4.78, 5) is 16.8. The Balaban J connectivity index is 1.72. The summed E-state index contributed by atoms with van der Waals surface area (Å²) in [6.07, 6.45) is 1.82. The zero-order valence-corrected chi connectivity index (χ0v) is 13.5. The minimum atomic E-state index is -0.194. The first kappa shape index (κ1) is 15.6. The molecule has 5 nitrogen and oxygen atoms in total. The number of rotatable bonds is 3. The second-order valence-corrected chi connectivity index (χ2v) is 5.16. The van der Waals surface area contributed by atoms with Gasteiger partial charge in [-0.05, 0) is 31.2 Å². The monoisotopic (exact) mass is 319 g/mol. The van der Waals surface area contributed by atoms with Gasteiger partial charge in [-0.25, -0.2) is 4.98 Å². The molecule has 0 aliphatic heterocycles. The molecule has 0 saturated carbocycles. The Kier molecular flexibility index (Phi) is 4.48. The molecule has 3 aromatic rings. The van der Waals surface area contributed by atoms with Crippen LogP contribution < -0.4 is 10.1 Å². The summed E-state index contributed by atoms with van der Waals surface area (Å²) >= 11 is 0. The molecule has 0 radical (unpaired) electrons. The molecular formula is C19H17N3O2. The highest BCUT2D eigenvalue weighted by molar-refractivity contribution is 5.94. The number of ether oxygens (including phenoxy) is 1. The summed E-state index contributed by atoms with van der Waals surface area (Å²) in [6.45, 7) is 2.07. The normalized spacial score (nSPS) is 10.1. The van der Waals surface area contributed by atoms with Gasteiger partial charge in [-0.3, -0.25) is 9.20 Å². The maximum atomic E-state index is 12.4. The summed E-state index contributed by atoms with van der Waals surface area (Å²) < 4.78 is 7.02. The number of amides is 1. The minimum Gasteiger partial charge on any atom is -0.495 e. The number of carbonyl (C=O) groups is 1. The molecule has 0 aliphatic carbocycles. The van der Waals surface area contributed by atoms with Crippen LogP contribution in [-0.2, 0) is 0 Å². The van der Waals surface area contributed by atoms with Crippen LogP contribution >= 0.6 is 0 Å². The molecule has 2 heterocycles. The van der Waals surface area contributed by atoms with Gasteiger partial charge in [0.2, 0.25) is 0 Å². The van der Waals surface area contributed by atoms with E-state index in [9.17, 15) is 4.79 Å². The fourth-order valence-corrected chi connectivity index (χ4v) is 2.48. The number of pyridine rings is 1. The number of nitrogens with zero attached hydrogens (tertiary/aromatic N) is 2. The Morgan fingerprint density at radius 3 is 2.88 bits per heavy atom. The topological polar surface area (TPSA) is 55.6 Å². The number of methoxy groups -OCH3 is 1. The van der Waals surface area contributed by atoms with Crippen LogP contribution in [0.5, 0.6) is 5.75 Å². The largest absolute Gasteiger partial charge is 0.495 e. The maximum Gasteiger partial charge on any atom is 0.270 e. The van der Waals surface area contributed by atoms with Crippen LogP contribution in [0.25, 0.3) is 5.65 Å². The van der Waals surface area contributed by atoms with Crippen molar-refractivity contribution in [3.05, 3.63) is 65.6 Å². The lowest BCUT2D eigenvalue weighted by Gasteiger charge is -2.03. The number of fused-ring (bicyclic) bond motifs is 1. The number of imidazole rings is 1. The SMILES string of the molecule is COc1ccccc1C#CCNC(=O)c1c(C)nc2ccccn12. The lowest BCUT2D eigenvalue weighted by Crippen LogP contribution is -2.25. The molecule has 1 N–H and O–H groups in total. The number of nitrogens with one attached hydrogen (secondary N) is 1. The summed E-state index contributed by atoms with van der Waals surface area (Å²) in [5, 5.41) is 2.81. The van der Waals surface area contributed by atoms with E-state index in [-0.39, 0.29) is 12.5 Å². The molecule has 5 heteroatoms. The first-order valence-corrected chi connectivity index (χ1v) is 7.54. The Morgan fingerprint density at radius 1 is 1.25 bits per heavy atom. The Labute approximate surface area is 140 Å². The van der Waals surface area contributed by atoms with Crippen molar-refractivity contribution in [3.8, 4) is 17.6 Å². The van der Waals surface area contributed by atoms with Gasteiger partial charge in [0.05, 0.1) is 24.9 Å². The predicted octanol–water partition coefficient (Wildman–Crippen LogP) is 2.43. The molecule has 0 spiro atoms. The third-order valence-electron chi connectivity index (χ3n) is 3.59. The van der Waals surface area contributed by atoms with Gasteiger partial charge in [-0.1, -0.05) is 30.0 Å². The third kappa shape index (κ3) is 3.08.